The molecule has 7 nitrogen and oxygen atoms in total. The average molecular weight is 529 g/mol. The van der Waals surface area contributed by atoms with Crippen molar-refractivity contribution in [2.24, 2.45) is 7.05 Å². The van der Waals surface area contributed by atoms with Gasteiger partial charge in [-0.2, -0.15) is 8.78 Å². The Morgan fingerprint density at radius 1 is 0.921 bits per heavy atom. The minimum Gasteiger partial charge on any atom is -0.497 e. The zero-order valence-electron chi connectivity index (χ0n) is 20.8. The lowest BCUT2D eigenvalue weighted by atomic mass is 10.1. The van der Waals surface area contributed by atoms with Gasteiger partial charge in [-0.1, -0.05) is 6.07 Å². The van der Waals surface area contributed by atoms with Gasteiger partial charge in [0.2, 0.25) is 0 Å². The molecule has 4 aromatic rings. The van der Waals surface area contributed by atoms with E-state index in [9.17, 15) is 18.4 Å². The molecule has 0 aliphatic heterocycles. The molecular formula is C27H23F4N3O4. The lowest BCUT2D eigenvalue weighted by Crippen LogP contribution is -2.23. The van der Waals surface area contributed by atoms with Crippen molar-refractivity contribution < 1.29 is 31.8 Å². The summed E-state index contributed by atoms with van der Waals surface area (Å²) in [6, 6.07) is 12.0. The molecule has 0 unspecified atom stereocenters. The molecule has 0 bridgehead atoms. The molecule has 0 aliphatic carbocycles. The molecular weight excluding hydrogens is 506 g/mol. The number of alkyl halides is 2. The largest absolute Gasteiger partial charge is 0.497 e. The van der Waals surface area contributed by atoms with Gasteiger partial charge in [0.15, 0.2) is 0 Å². The van der Waals surface area contributed by atoms with Crippen molar-refractivity contribution in [2.45, 2.75) is 20.5 Å². The summed E-state index contributed by atoms with van der Waals surface area (Å²) in [5, 5.41) is 2.45. The number of carbonyl (C=O) groups is 1. The third kappa shape index (κ3) is 5.13. The standard InChI is InChI=1S/C27H23F4N3O4/c1-14-9-15(2)11-17(10-14)34-26(36)23(32-25(35)16-5-7-18(8-6-16)38-27(30)31)24(33(34)3)22-20(28)12-19(37-4)13-21(22)29/h5-13,27H,1-4H3,(H,32,35). The van der Waals surface area contributed by atoms with Crippen LogP contribution in [0.1, 0.15) is 21.5 Å². The van der Waals surface area contributed by atoms with Gasteiger partial charge in [0.05, 0.1) is 18.4 Å². The number of aromatic nitrogens is 2. The number of halogens is 4. The Bertz CT molecular complexity index is 1530. The fourth-order valence-corrected chi connectivity index (χ4v) is 4.24. The molecule has 0 spiro atoms. The molecule has 0 fully saturated rings. The van der Waals surface area contributed by atoms with Gasteiger partial charge in [0.25, 0.3) is 11.5 Å². The molecule has 1 N–H and O–H groups in total. The van der Waals surface area contributed by atoms with Crippen molar-refractivity contribution in [3.8, 4) is 28.4 Å². The normalized spacial score (nSPS) is 11.1. The third-order valence-electron chi connectivity index (χ3n) is 5.79. The van der Waals surface area contributed by atoms with Crippen LogP contribution in [0, 0.1) is 25.5 Å². The van der Waals surface area contributed by atoms with Crippen molar-refractivity contribution >= 4 is 11.6 Å². The van der Waals surface area contributed by atoms with Gasteiger partial charge in [-0.15, -0.1) is 0 Å². The highest BCUT2D eigenvalue weighted by Gasteiger charge is 2.27. The number of ether oxygens (including phenoxy) is 2. The number of hydrogen-bond acceptors (Lipinski definition) is 4. The number of nitrogens with zero attached hydrogens (tertiary/aromatic N) is 2. The van der Waals surface area contributed by atoms with Crippen LogP contribution in [-0.4, -0.2) is 29.0 Å². The first-order chi connectivity index (χ1) is 18.0. The topological polar surface area (TPSA) is 74.5 Å². The second kappa shape index (κ2) is 10.4. The fraction of sp³-hybridized carbons (Fsp3) is 0.185. The zero-order valence-corrected chi connectivity index (χ0v) is 20.8. The molecule has 0 atom stereocenters. The smallest absolute Gasteiger partial charge is 0.387 e. The summed E-state index contributed by atoms with van der Waals surface area (Å²) < 4.78 is 66.9. The summed E-state index contributed by atoms with van der Waals surface area (Å²) >= 11 is 0. The highest BCUT2D eigenvalue weighted by Crippen LogP contribution is 2.34. The summed E-state index contributed by atoms with van der Waals surface area (Å²) in [5.41, 5.74) is 0.193. The predicted octanol–water partition coefficient (Wildman–Crippen LogP) is 5.60. The second-order valence-electron chi connectivity index (χ2n) is 8.53. The van der Waals surface area contributed by atoms with Crippen LogP contribution < -0.4 is 20.3 Å². The Hall–Kier alpha value is -4.54. The molecule has 11 heteroatoms. The number of rotatable bonds is 7. The van der Waals surface area contributed by atoms with Crippen LogP contribution in [0.15, 0.2) is 59.4 Å². The van der Waals surface area contributed by atoms with E-state index >= 15 is 8.78 Å². The summed E-state index contributed by atoms with van der Waals surface area (Å²) in [6.45, 7) is 0.621. The first kappa shape index (κ1) is 26.5. The molecule has 1 heterocycles. The number of benzene rings is 3. The Morgan fingerprint density at radius 2 is 1.50 bits per heavy atom. The van der Waals surface area contributed by atoms with Gasteiger partial charge in [0.1, 0.15) is 34.5 Å². The van der Waals surface area contributed by atoms with E-state index < -0.39 is 35.3 Å². The van der Waals surface area contributed by atoms with Gasteiger partial charge in [-0.05, 0) is 61.4 Å². The highest BCUT2D eigenvalue weighted by atomic mass is 19.3. The molecule has 38 heavy (non-hydrogen) atoms. The van der Waals surface area contributed by atoms with Crippen LogP contribution in [0.2, 0.25) is 0 Å². The minimum atomic E-state index is -3.04. The quantitative estimate of drug-likeness (QED) is 0.317. The van der Waals surface area contributed by atoms with E-state index in [2.05, 4.69) is 10.1 Å². The maximum absolute atomic E-state index is 15.2. The van der Waals surface area contributed by atoms with E-state index in [1.54, 1.807) is 12.1 Å². The van der Waals surface area contributed by atoms with E-state index in [1.807, 2.05) is 19.9 Å². The first-order valence-electron chi connectivity index (χ1n) is 11.3. The number of methoxy groups -OCH3 is 1. The van der Waals surface area contributed by atoms with Gasteiger partial charge in [-0.3, -0.25) is 14.3 Å². The Labute approximate surface area is 214 Å². The molecule has 0 aliphatic rings. The monoisotopic (exact) mass is 529 g/mol. The first-order valence-corrected chi connectivity index (χ1v) is 11.3. The van der Waals surface area contributed by atoms with Crippen molar-refractivity contribution in [2.75, 3.05) is 12.4 Å². The lowest BCUT2D eigenvalue weighted by molar-refractivity contribution is -0.0498. The molecule has 0 saturated carbocycles. The maximum Gasteiger partial charge on any atom is 0.387 e. The number of nitrogens with one attached hydrogen (secondary N) is 1. The van der Waals surface area contributed by atoms with E-state index in [1.165, 1.54) is 35.7 Å². The van der Waals surface area contributed by atoms with E-state index in [4.69, 9.17) is 4.74 Å². The number of hydrogen-bond donors (Lipinski definition) is 1. The van der Waals surface area contributed by atoms with Crippen LogP contribution in [0.3, 0.4) is 0 Å². The van der Waals surface area contributed by atoms with Gasteiger partial charge < -0.3 is 14.8 Å². The minimum absolute atomic E-state index is 0.00514. The van der Waals surface area contributed by atoms with Crippen molar-refractivity contribution in [1.82, 2.24) is 9.36 Å². The summed E-state index contributed by atoms with van der Waals surface area (Å²) in [4.78, 5) is 26.7. The molecule has 1 amide bonds. The summed E-state index contributed by atoms with van der Waals surface area (Å²) in [6.07, 6.45) is 0. The van der Waals surface area contributed by atoms with Crippen molar-refractivity contribution in [3.05, 3.63) is 93.3 Å². The van der Waals surface area contributed by atoms with Gasteiger partial charge >= 0.3 is 6.61 Å². The number of anilines is 1. The van der Waals surface area contributed by atoms with Crippen LogP contribution in [0.4, 0.5) is 23.2 Å². The van der Waals surface area contributed by atoms with Crippen molar-refractivity contribution in [1.29, 1.82) is 0 Å². The molecule has 3 aromatic carbocycles. The van der Waals surface area contributed by atoms with E-state index in [0.29, 0.717) is 5.69 Å². The molecule has 1 aromatic heterocycles. The molecule has 0 radical (unpaired) electrons. The maximum atomic E-state index is 15.2. The third-order valence-corrected chi connectivity index (χ3v) is 5.79. The number of amides is 1. The number of aryl methyl sites for hydroxylation is 2. The van der Waals surface area contributed by atoms with E-state index in [0.717, 1.165) is 35.4 Å². The SMILES string of the molecule is COc1cc(F)c(-c2c(NC(=O)c3ccc(OC(F)F)cc3)c(=O)n(-c3cc(C)cc(C)c3)n2C)c(F)c1. The second-order valence-corrected chi connectivity index (χ2v) is 8.53. The summed E-state index contributed by atoms with van der Waals surface area (Å²) in [5.74, 6) is -3.08. The van der Waals surface area contributed by atoms with Crippen LogP contribution >= 0.6 is 0 Å². The fourth-order valence-electron chi connectivity index (χ4n) is 4.24. The van der Waals surface area contributed by atoms with Crippen LogP contribution in [0.25, 0.3) is 16.9 Å². The Kier molecular flexibility index (Phi) is 7.29. The molecule has 4 rings (SSSR count). The average Bonchev–Trinajstić information content (AvgIpc) is 3.07. The van der Waals surface area contributed by atoms with Crippen LogP contribution in [-0.2, 0) is 7.05 Å². The number of carbonyl (C=O) groups excluding carboxylic acids is 1. The predicted molar refractivity (Wildman–Crippen MR) is 133 cm³/mol. The Morgan fingerprint density at radius 3 is 2.03 bits per heavy atom. The molecule has 198 valence electrons. The van der Waals surface area contributed by atoms with Gasteiger partial charge in [-0.25, -0.2) is 13.5 Å². The van der Waals surface area contributed by atoms with Gasteiger partial charge in [0, 0.05) is 24.7 Å². The highest BCUT2D eigenvalue weighted by molar-refractivity contribution is 6.06. The van der Waals surface area contributed by atoms with Crippen molar-refractivity contribution in [3.63, 3.8) is 0 Å². The lowest BCUT2D eigenvalue weighted by Gasteiger charge is -2.14. The summed E-state index contributed by atoms with van der Waals surface area (Å²) in [7, 11) is 2.69. The Balaban J connectivity index is 1.89. The van der Waals surface area contributed by atoms with Crippen LogP contribution in [0.5, 0.6) is 11.5 Å². The molecule has 0 saturated heterocycles. The zero-order chi connectivity index (χ0) is 27.7. The van der Waals surface area contributed by atoms with E-state index in [-0.39, 0.29) is 28.4 Å².